The normalized spacial score (nSPS) is 19.7. The van der Waals surface area contributed by atoms with Crippen molar-refractivity contribution in [1.82, 2.24) is 20.5 Å². The maximum absolute atomic E-state index is 12.6. The molecule has 0 aliphatic carbocycles. The first-order valence-electron chi connectivity index (χ1n) is 11.4. The number of likely N-dealkylation sites (tertiary alicyclic amines) is 1. The summed E-state index contributed by atoms with van der Waals surface area (Å²) in [5.74, 6) is 1.84. The fraction of sp³-hybridized carbons (Fsp3) is 0.727. The second-order valence-electron chi connectivity index (χ2n) is 8.23. The molecule has 2 aliphatic rings. The number of aromatic nitrogens is 1. The summed E-state index contributed by atoms with van der Waals surface area (Å²) in [5, 5.41) is 6.80. The Morgan fingerprint density at radius 1 is 1.17 bits per heavy atom. The van der Waals surface area contributed by atoms with Crippen molar-refractivity contribution in [1.29, 1.82) is 0 Å². The molecule has 6 nitrogen and oxygen atoms in total. The molecule has 3 rings (SSSR count). The minimum absolute atomic E-state index is 0.123. The minimum Gasteiger partial charge on any atom is -0.357 e. The van der Waals surface area contributed by atoms with Gasteiger partial charge in [-0.1, -0.05) is 12.8 Å². The van der Waals surface area contributed by atoms with Crippen LogP contribution in [-0.4, -0.2) is 67.6 Å². The zero-order valence-corrected chi connectivity index (χ0v) is 18.1. The van der Waals surface area contributed by atoms with Crippen LogP contribution in [0.25, 0.3) is 0 Å². The van der Waals surface area contributed by atoms with Gasteiger partial charge in [0.05, 0.1) is 13.1 Å². The highest BCUT2D eigenvalue weighted by atomic mass is 19.3. The summed E-state index contributed by atoms with van der Waals surface area (Å²) in [4.78, 5) is 13.6. The monoisotopic (exact) mass is 422 g/mol. The first-order chi connectivity index (χ1) is 14.6. The highest BCUT2D eigenvalue weighted by Gasteiger charge is 2.22. The predicted octanol–water partition coefficient (Wildman–Crippen LogP) is 3.25. The van der Waals surface area contributed by atoms with E-state index in [4.69, 9.17) is 4.99 Å². The molecule has 0 radical (unpaired) electrons. The lowest BCUT2D eigenvalue weighted by molar-refractivity contribution is 0.0744. The Balaban J connectivity index is 1.55. The zero-order valence-electron chi connectivity index (χ0n) is 18.1. The largest absolute Gasteiger partial charge is 0.357 e. The van der Waals surface area contributed by atoms with Gasteiger partial charge in [0.25, 0.3) is 6.43 Å². The van der Waals surface area contributed by atoms with Gasteiger partial charge in [0.2, 0.25) is 0 Å². The fourth-order valence-electron chi connectivity index (χ4n) is 4.17. The standard InChI is InChI=1S/C22H36F2N6/c1-2-25-22(28-19-8-13-29(14-9-19)17-20(23)24)27-16-18-7-10-26-21(15-18)30-11-5-3-4-6-12-30/h7,10,15,19-20H,2-6,8-9,11-14,16-17H2,1H3,(H2,25,27,28). The molecule has 168 valence electrons. The molecule has 0 spiro atoms. The van der Waals surface area contributed by atoms with Gasteiger partial charge in [0.15, 0.2) is 5.96 Å². The molecule has 1 aromatic rings. The summed E-state index contributed by atoms with van der Waals surface area (Å²) in [6, 6.07) is 4.44. The maximum Gasteiger partial charge on any atom is 0.251 e. The molecule has 1 aromatic heterocycles. The SMILES string of the molecule is CCNC(=NCc1ccnc(N2CCCCCC2)c1)NC1CCN(CC(F)F)CC1. The summed E-state index contributed by atoms with van der Waals surface area (Å²) < 4.78 is 25.1. The average molecular weight is 423 g/mol. The summed E-state index contributed by atoms with van der Waals surface area (Å²) in [7, 11) is 0. The molecule has 2 N–H and O–H groups in total. The first-order valence-corrected chi connectivity index (χ1v) is 11.4. The smallest absolute Gasteiger partial charge is 0.251 e. The number of alkyl halides is 2. The molecule has 2 fully saturated rings. The highest BCUT2D eigenvalue weighted by Crippen LogP contribution is 2.18. The van der Waals surface area contributed by atoms with Gasteiger partial charge in [0.1, 0.15) is 5.82 Å². The van der Waals surface area contributed by atoms with E-state index in [1.54, 1.807) is 0 Å². The number of hydrogen-bond donors (Lipinski definition) is 2. The highest BCUT2D eigenvalue weighted by molar-refractivity contribution is 5.80. The van der Waals surface area contributed by atoms with Crippen molar-refractivity contribution in [2.45, 2.75) is 64.5 Å². The average Bonchev–Trinajstić information content (AvgIpc) is 3.03. The maximum atomic E-state index is 12.6. The third-order valence-electron chi connectivity index (χ3n) is 5.83. The number of anilines is 1. The number of hydrogen-bond acceptors (Lipinski definition) is 4. The van der Waals surface area contributed by atoms with Crippen LogP contribution < -0.4 is 15.5 Å². The van der Waals surface area contributed by atoms with Gasteiger partial charge in [-0.05, 0) is 50.3 Å². The number of nitrogens with one attached hydrogen (secondary N) is 2. The van der Waals surface area contributed by atoms with Crippen molar-refractivity contribution < 1.29 is 8.78 Å². The molecule has 0 aromatic carbocycles. The van der Waals surface area contributed by atoms with E-state index in [-0.39, 0.29) is 12.6 Å². The van der Waals surface area contributed by atoms with Crippen LogP contribution in [0.3, 0.4) is 0 Å². The Hall–Kier alpha value is -1.96. The molecule has 3 heterocycles. The van der Waals surface area contributed by atoms with E-state index in [0.717, 1.165) is 49.8 Å². The van der Waals surface area contributed by atoms with Crippen molar-refractivity contribution in [3.63, 3.8) is 0 Å². The van der Waals surface area contributed by atoms with Gasteiger partial charge in [-0.15, -0.1) is 0 Å². The van der Waals surface area contributed by atoms with Gasteiger partial charge in [0, 0.05) is 45.0 Å². The van der Waals surface area contributed by atoms with Gasteiger partial charge in [-0.25, -0.2) is 18.8 Å². The van der Waals surface area contributed by atoms with E-state index in [1.807, 2.05) is 24.1 Å². The van der Waals surface area contributed by atoms with E-state index in [1.165, 1.54) is 25.7 Å². The van der Waals surface area contributed by atoms with E-state index in [2.05, 4.69) is 26.6 Å². The molecule has 0 amide bonds. The number of rotatable bonds is 7. The van der Waals surface area contributed by atoms with Crippen molar-refractivity contribution in [2.75, 3.05) is 44.2 Å². The van der Waals surface area contributed by atoms with Crippen LogP contribution in [0.15, 0.2) is 23.3 Å². The lowest BCUT2D eigenvalue weighted by Gasteiger charge is -2.32. The number of aliphatic imine (C=N–C) groups is 1. The van der Waals surface area contributed by atoms with Gasteiger partial charge >= 0.3 is 0 Å². The van der Waals surface area contributed by atoms with Crippen molar-refractivity contribution in [3.8, 4) is 0 Å². The first kappa shape index (κ1) is 22.7. The van der Waals surface area contributed by atoms with Crippen LogP contribution in [0.2, 0.25) is 0 Å². The van der Waals surface area contributed by atoms with Gasteiger partial charge in [-0.2, -0.15) is 0 Å². The quantitative estimate of drug-likeness (QED) is 0.522. The number of nitrogens with zero attached hydrogens (tertiary/aromatic N) is 4. The second kappa shape index (κ2) is 12.0. The number of pyridine rings is 1. The number of halogens is 2. The molecule has 0 unspecified atom stereocenters. The predicted molar refractivity (Wildman–Crippen MR) is 118 cm³/mol. The topological polar surface area (TPSA) is 55.8 Å². The second-order valence-corrected chi connectivity index (χ2v) is 8.23. The van der Waals surface area contributed by atoms with Crippen LogP contribution in [0.1, 0.15) is 51.0 Å². The number of guanidine groups is 1. The lowest BCUT2D eigenvalue weighted by atomic mass is 10.1. The third kappa shape index (κ3) is 7.38. The summed E-state index contributed by atoms with van der Waals surface area (Å²) in [5.41, 5.74) is 1.15. The lowest BCUT2D eigenvalue weighted by Crippen LogP contribution is -2.49. The molecule has 2 saturated heterocycles. The molecular formula is C22H36F2N6. The van der Waals surface area contributed by atoms with Crippen molar-refractivity contribution >= 4 is 11.8 Å². The molecule has 0 atom stereocenters. The van der Waals surface area contributed by atoms with Crippen LogP contribution in [0.5, 0.6) is 0 Å². The van der Waals surface area contributed by atoms with Crippen LogP contribution in [0, 0.1) is 0 Å². The van der Waals surface area contributed by atoms with E-state index in [0.29, 0.717) is 19.6 Å². The van der Waals surface area contributed by atoms with Crippen LogP contribution in [0.4, 0.5) is 14.6 Å². The molecular weight excluding hydrogens is 386 g/mol. The molecule has 30 heavy (non-hydrogen) atoms. The minimum atomic E-state index is -2.26. The number of piperidine rings is 1. The van der Waals surface area contributed by atoms with E-state index in [9.17, 15) is 8.78 Å². The third-order valence-corrected chi connectivity index (χ3v) is 5.83. The molecule has 0 saturated carbocycles. The van der Waals surface area contributed by atoms with Gasteiger partial charge < -0.3 is 15.5 Å². The molecule has 2 aliphatic heterocycles. The molecule has 8 heteroatoms. The summed E-state index contributed by atoms with van der Waals surface area (Å²) in [6.07, 6.45) is 6.40. The Morgan fingerprint density at radius 2 is 1.90 bits per heavy atom. The van der Waals surface area contributed by atoms with Crippen LogP contribution >= 0.6 is 0 Å². The summed E-state index contributed by atoms with van der Waals surface area (Å²) >= 11 is 0. The van der Waals surface area contributed by atoms with Crippen molar-refractivity contribution in [3.05, 3.63) is 23.9 Å². The van der Waals surface area contributed by atoms with E-state index >= 15 is 0 Å². The Morgan fingerprint density at radius 3 is 2.57 bits per heavy atom. The zero-order chi connectivity index (χ0) is 21.2. The van der Waals surface area contributed by atoms with Gasteiger partial charge in [-0.3, -0.25) is 4.90 Å². The Labute approximate surface area is 179 Å². The van der Waals surface area contributed by atoms with Crippen molar-refractivity contribution in [2.24, 2.45) is 4.99 Å². The fourth-order valence-corrected chi connectivity index (χ4v) is 4.17. The van der Waals surface area contributed by atoms with E-state index < -0.39 is 6.43 Å². The van der Waals surface area contributed by atoms with Crippen LogP contribution in [-0.2, 0) is 6.54 Å². The summed E-state index contributed by atoms with van der Waals surface area (Å²) in [6.45, 7) is 6.85. The Kier molecular flexibility index (Phi) is 9.11. The Bertz CT molecular complexity index is 653. The molecule has 0 bridgehead atoms.